The fraction of sp³-hybridized carbons (Fsp3) is 0.485. The van der Waals surface area contributed by atoms with Crippen molar-refractivity contribution in [2.75, 3.05) is 0 Å². The molecule has 0 bridgehead atoms. The highest BCUT2D eigenvalue weighted by atomic mass is 14.9. The number of hydrogen-bond donors (Lipinski definition) is 0. The zero-order chi connectivity index (χ0) is 70.3. The van der Waals surface area contributed by atoms with E-state index in [1.165, 1.54) is 324 Å². The van der Waals surface area contributed by atoms with Crippen molar-refractivity contribution in [3.8, 4) is 67.2 Å². The Bertz CT molecular complexity index is 4690. The quantitative estimate of drug-likeness (QED) is 0.147. The average molecular weight is 1350 g/mol. The van der Waals surface area contributed by atoms with Gasteiger partial charge < -0.3 is 0 Å². The van der Waals surface area contributed by atoms with E-state index in [-0.39, 0.29) is 0 Å². The smallest absolute Gasteiger partial charge is 0.201 e. The fourth-order valence-electron chi connectivity index (χ4n) is 23.3. The van der Waals surface area contributed by atoms with Gasteiger partial charge in [0.05, 0.1) is 16.7 Å². The van der Waals surface area contributed by atoms with Gasteiger partial charge in [-0.05, 0) is 342 Å². The monoisotopic (exact) mass is 1350 g/mol. The van der Waals surface area contributed by atoms with Crippen molar-refractivity contribution in [1.82, 2.24) is 0 Å². The molecule has 0 unspecified atom stereocenters. The van der Waals surface area contributed by atoms with Crippen LogP contribution >= 0.6 is 0 Å². The number of aryl methyl sites for hydroxylation is 12. The first-order valence-electron chi connectivity index (χ1n) is 41.0. The fourth-order valence-corrected chi connectivity index (χ4v) is 23.3. The summed E-state index contributed by atoms with van der Waals surface area (Å²) in [5.74, 6) is 2.21. The molecule has 3 nitrogen and oxygen atoms in total. The van der Waals surface area contributed by atoms with Crippen LogP contribution in [-0.4, -0.2) is 0 Å². The molecule has 18 rings (SSSR count). The summed E-state index contributed by atoms with van der Waals surface area (Å²) in [6.45, 7) is 20.7. The summed E-state index contributed by atoms with van der Waals surface area (Å²) in [6, 6.07) is 42.0. The van der Waals surface area contributed by atoms with E-state index in [9.17, 15) is 0 Å². The summed E-state index contributed by atoms with van der Waals surface area (Å²) in [5.41, 5.74) is 45.9. The third kappa shape index (κ3) is 12.8. The van der Waals surface area contributed by atoms with Gasteiger partial charge in [-0.3, -0.25) is 0 Å². The number of fused-ring (bicyclic) bond motifs is 9. The van der Waals surface area contributed by atoms with Gasteiger partial charge in [0, 0.05) is 34.9 Å². The largest absolute Gasteiger partial charge is 0.213 e. The first kappa shape index (κ1) is 69.2. The van der Waals surface area contributed by atoms with Gasteiger partial charge in [0.2, 0.25) is 17.1 Å². The van der Waals surface area contributed by atoms with Crippen LogP contribution in [0.5, 0.6) is 0 Å². The van der Waals surface area contributed by atoms with Gasteiger partial charge in [-0.2, -0.15) is 0 Å². The zero-order valence-corrected chi connectivity index (χ0v) is 64.9. The van der Waals surface area contributed by atoms with E-state index in [1.54, 1.807) is 16.7 Å². The molecule has 9 aliphatic rings. The molecule has 9 aliphatic carbocycles. The third-order valence-electron chi connectivity index (χ3n) is 29.0. The van der Waals surface area contributed by atoms with Crippen LogP contribution in [0.2, 0.25) is 0 Å². The maximum absolute atomic E-state index is 2.50. The minimum absolute atomic E-state index is 0.694. The van der Waals surface area contributed by atoms with Gasteiger partial charge >= 0.3 is 0 Å². The maximum Gasteiger partial charge on any atom is 0.213 e. The Balaban J connectivity index is 0.000000118. The number of nitrogens with zero attached hydrogens (tertiary/aromatic N) is 3. The molecule has 0 atom stereocenters. The Kier molecular flexibility index (Phi) is 19.0. The van der Waals surface area contributed by atoms with Crippen molar-refractivity contribution >= 4 is 0 Å². The number of hydrogen-bond acceptors (Lipinski definition) is 0. The first-order chi connectivity index (χ1) is 49.4. The summed E-state index contributed by atoms with van der Waals surface area (Å²) in [6.07, 6.45) is 49.8. The number of rotatable bonds is 6. The molecule has 102 heavy (non-hydrogen) atoms. The van der Waals surface area contributed by atoms with E-state index in [0.717, 1.165) is 37.0 Å². The predicted octanol–water partition coefficient (Wildman–Crippen LogP) is 24.8. The minimum atomic E-state index is 0.694. The van der Waals surface area contributed by atoms with Crippen LogP contribution in [0.15, 0.2) is 128 Å². The van der Waals surface area contributed by atoms with E-state index in [4.69, 9.17) is 0 Å². The molecule has 0 N–H and O–H groups in total. The van der Waals surface area contributed by atoms with E-state index in [2.05, 4.69) is 225 Å². The van der Waals surface area contributed by atoms with Crippen LogP contribution in [0.3, 0.4) is 0 Å². The van der Waals surface area contributed by atoms with Crippen LogP contribution in [0.25, 0.3) is 67.2 Å². The molecule has 0 radical (unpaired) electrons. The third-order valence-corrected chi connectivity index (χ3v) is 29.0. The van der Waals surface area contributed by atoms with Crippen LogP contribution in [0.1, 0.15) is 291 Å². The lowest BCUT2D eigenvalue weighted by atomic mass is 9.62. The van der Waals surface area contributed by atoms with Crippen molar-refractivity contribution in [3.63, 3.8) is 0 Å². The Morgan fingerprint density at radius 2 is 0.657 bits per heavy atom. The molecular weight excluding hydrogens is 1230 g/mol. The van der Waals surface area contributed by atoms with Gasteiger partial charge in [0.1, 0.15) is 21.1 Å². The molecule has 0 aliphatic heterocycles. The van der Waals surface area contributed by atoms with Crippen LogP contribution in [0.4, 0.5) is 0 Å². The Morgan fingerprint density at radius 1 is 0.275 bits per heavy atom. The standard InChI is InChI=1S/3C33H40N/c1-22-19-30(32-24(3)18-23(2)31-27-11-7-6-10-26(27)20-28(31)32)34(4)21-29(22)25-12-16-33(17-13-25)14-8-5-9-15-33;1-22-8-10-26-20-29-27(28(26)18-22)11-9-23(2)32(29)31-19-24(3)30(21-34(31)4)25-12-16-33(17-13-25)14-6-5-7-15-33;1-22-9-8-10-26-20-28-27(31(22)26)12-11-23(2)32(28)30-19-24(3)29(21-34(30)4)25-13-17-33(18-14-25)15-6-5-7-16-33/h6-7,10-11,18-19,21,25H,5,8-9,12-17,20H2,1-4H3;8-11,18-19,21,25H,5-7,12-17,20H2,1-4H3;8-12,19,21,25H,5-7,13-18,20H2,1-4H3/q3*+1. The van der Waals surface area contributed by atoms with E-state index < -0.39 is 0 Å². The van der Waals surface area contributed by atoms with Crippen LogP contribution < -0.4 is 13.7 Å². The molecule has 6 saturated carbocycles. The van der Waals surface area contributed by atoms with Crippen molar-refractivity contribution < 1.29 is 13.7 Å². The summed E-state index contributed by atoms with van der Waals surface area (Å²) >= 11 is 0. The van der Waals surface area contributed by atoms with Crippen molar-refractivity contribution in [1.29, 1.82) is 0 Å². The molecule has 528 valence electrons. The lowest BCUT2D eigenvalue weighted by molar-refractivity contribution is -0.661. The summed E-state index contributed by atoms with van der Waals surface area (Å²) in [5, 5.41) is 0. The average Bonchev–Trinajstić information content (AvgIpc) is 1.57. The zero-order valence-electron chi connectivity index (χ0n) is 64.9. The van der Waals surface area contributed by atoms with Gasteiger partial charge in [-0.1, -0.05) is 154 Å². The predicted molar refractivity (Wildman–Crippen MR) is 427 cm³/mol. The van der Waals surface area contributed by atoms with Gasteiger partial charge in [0.15, 0.2) is 18.6 Å². The highest BCUT2D eigenvalue weighted by molar-refractivity contribution is 5.89. The SMILES string of the molecule is Cc1cc(-c2c(C)cc(C)c3c2Cc2ccccc2-3)[n+](C)cc1C1CCC2(CCCCC2)CC1.Cc1cc(-c2c(C)ccc3c2Cc2cccc(C)c2-3)[n+](C)cc1C1CCC2(CCCCC2)CC1.Cc1ccc2c(c1)-c1ccc(C)c(-c3cc(C)c(C4CCC5(CCCCC5)CC4)c[n+]3C)c1C2. The molecule has 3 spiro atoms. The second-order valence-corrected chi connectivity index (χ2v) is 35.5. The number of aromatic nitrogens is 3. The molecular formula is C99H120N3+3. The molecule has 3 aromatic heterocycles. The Hall–Kier alpha value is -7.23. The summed E-state index contributed by atoms with van der Waals surface area (Å²) in [7, 11) is 6.82. The van der Waals surface area contributed by atoms with Gasteiger partial charge in [-0.15, -0.1) is 0 Å². The van der Waals surface area contributed by atoms with Gasteiger partial charge in [0.25, 0.3) is 0 Å². The van der Waals surface area contributed by atoms with Crippen LogP contribution in [0, 0.1) is 78.6 Å². The van der Waals surface area contributed by atoms with Crippen molar-refractivity contribution in [3.05, 3.63) is 228 Å². The van der Waals surface area contributed by atoms with E-state index in [1.807, 2.05) is 0 Å². The van der Waals surface area contributed by atoms with Crippen molar-refractivity contribution in [2.24, 2.45) is 37.4 Å². The molecule has 6 aromatic carbocycles. The minimum Gasteiger partial charge on any atom is -0.201 e. The molecule has 3 heteroatoms. The molecule has 6 fully saturated rings. The lowest BCUT2D eigenvalue weighted by Gasteiger charge is -2.43. The molecule has 0 amide bonds. The Labute approximate surface area is 615 Å². The lowest BCUT2D eigenvalue weighted by Crippen LogP contribution is -2.34. The molecule has 3 heterocycles. The van der Waals surface area contributed by atoms with Gasteiger partial charge in [-0.25, -0.2) is 13.7 Å². The van der Waals surface area contributed by atoms with Crippen molar-refractivity contribution in [2.45, 2.75) is 273 Å². The number of benzene rings is 6. The highest BCUT2D eigenvalue weighted by Crippen LogP contribution is 2.56. The summed E-state index contributed by atoms with van der Waals surface area (Å²) < 4.78 is 7.31. The molecule has 9 aromatic rings. The number of pyridine rings is 3. The van der Waals surface area contributed by atoms with Crippen LogP contribution in [-0.2, 0) is 40.4 Å². The van der Waals surface area contributed by atoms with E-state index in [0.29, 0.717) is 16.2 Å². The normalized spacial score (nSPS) is 20.4. The topological polar surface area (TPSA) is 11.6 Å². The molecule has 0 saturated heterocycles. The van der Waals surface area contributed by atoms with E-state index >= 15 is 0 Å². The first-order valence-corrected chi connectivity index (χ1v) is 41.0. The second kappa shape index (κ2) is 28.0. The highest BCUT2D eigenvalue weighted by Gasteiger charge is 2.42. The second-order valence-electron chi connectivity index (χ2n) is 35.5. The maximum atomic E-state index is 2.50. The Morgan fingerprint density at radius 3 is 1.14 bits per heavy atom. The summed E-state index contributed by atoms with van der Waals surface area (Å²) in [4.78, 5) is 0.